The average molecular weight is 483 g/mol. The van der Waals surface area contributed by atoms with Crippen molar-refractivity contribution in [2.45, 2.75) is 59.5 Å². The fourth-order valence-corrected chi connectivity index (χ4v) is 3.74. The maximum atomic E-state index is 11.2. The number of aliphatic hydroxyl groups is 2. The molecule has 0 saturated carbocycles. The summed E-state index contributed by atoms with van der Waals surface area (Å²) >= 11 is 0. The molecule has 0 fully saturated rings. The number of hydrogen-bond acceptors (Lipinski definition) is 8. The number of pyridine rings is 1. The van der Waals surface area contributed by atoms with Crippen LogP contribution in [0.25, 0.3) is 22.8 Å². The van der Waals surface area contributed by atoms with Gasteiger partial charge in [0, 0.05) is 29.1 Å². The summed E-state index contributed by atoms with van der Waals surface area (Å²) in [5.74, 6) is 1.36. The molecule has 1 aromatic carbocycles. The molecule has 188 valence electrons. The van der Waals surface area contributed by atoms with Crippen molar-refractivity contribution in [3.05, 3.63) is 46.8 Å². The number of hydrogen-bond donors (Lipinski definition) is 3. The van der Waals surface area contributed by atoms with E-state index in [4.69, 9.17) is 14.4 Å². The molecule has 0 radical (unpaired) electrons. The Hall–Kier alpha value is -3.30. The zero-order chi connectivity index (χ0) is 25.5. The summed E-state index contributed by atoms with van der Waals surface area (Å²) in [5.41, 5.74) is 5.38. The van der Waals surface area contributed by atoms with Gasteiger partial charge in [-0.25, -0.2) is 0 Å². The van der Waals surface area contributed by atoms with Gasteiger partial charge < -0.3 is 24.8 Å². The van der Waals surface area contributed by atoms with Crippen LogP contribution in [0.3, 0.4) is 0 Å². The van der Waals surface area contributed by atoms with Crippen LogP contribution in [0.4, 0.5) is 0 Å². The lowest BCUT2D eigenvalue weighted by molar-refractivity contribution is -0.124. The van der Waals surface area contributed by atoms with Gasteiger partial charge in [-0.3, -0.25) is 9.78 Å². The van der Waals surface area contributed by atoms with Crippen LogP contribution < -0.4 is 10.1 Å². The smallest absolute Gasteiger partial charge is 0.258 e. The van der Waals surface area contributed by atoms with Crippen molar-refractivity contribution in [2.75, 3.05) is 19.8 Å². The lowest BCUT2D eigenvalue weighted by Gasteiger charge is -2.18. The third kappa shape index (κ3) is 6.86. The Balaban J connectivity index is 1.83. The molecule has 35 heavy (non-hydrogen) atoms. The number of rotatable bonds is 11. The lowest BCUT2D eigenvalue weighted by atomic mass is 10.0. The molecule has 3 aromatic rings. The van der Waals surface area contributed by atoms with E-state index in [2.05, 4.69) is 41.2 Å². The van der Waals surface area contributed by atoms with E-state index < -0.39 is 18.6 Å². The van der Waals surface area contributed by atoms with Crippen LogP contribution in [0.15, 0.2) is 28.8 Å². The summed E-state index contributed by atoms with van der Waals surface area (Å²) in [6.07, 6.45) is 0.770. The molecule has 0 unspecified atom stereocenters. The largest absolute Gasteiger partial charge is 0.490 e. The number of amides is 1. The Morgan fingerprint density at radius 3 is 2.60 bits per heavy atom. The number of benzene rings is 1. The number of aromatic nitrogens is 3. The third-order valence-corrected chi connectivity index (χ3v) is 5.47. The highest BCUT2D eigenvalue weighted by Crippen LogP contribution is 2.32. The van der Waals surface area contributed by atoms with E-state index in [-0.39, 0.29) is 19.1 Å². The van der Waals surface area contributed by atoms with Crippen molar-refractivity contribution < 1.29 is 24.3 Å². The molecule has 0 aliphatic heterocycles. The Kier molecular flexibility index (Phi) is 8.95. The Morgan fingerprint density at radius 2 is 1.91 bits per heavy atom. The van der Waals surface area contributed by atoms with Gasteiger partial charge in [-0.1, -0.05) is 32.3 Å². The number of nitrogens with one attached hydrogen (secondary N) is 1. The van der Waals surface area contributed by atoms with E-state index in [0.29, 0.717) is 17.5 Å². The van der Waals surface area contributed by atoms with E-state index in [1.165, 1.54) is 0 Å². The lowest BCUT2D eigenvalue weighted by Crippen LogP contribution is -2.36. The van der Waals surface area contributed by atoms with Gasteiger partial charge in [0.1, 0.15) is 25.1 Å². The minimum absolute atomic E-state index is 0.00171. The van der Waals surface area contributed by atoms with Gasteiger partial charge in [0.15, 0.2) is 0 Å². The zero-order valence-corrected chi connectivity index (χ0v) is 21.0. The quantitative estimate of drug-likeness (QED) is 0.379. The number of carbonyl (C=O) groups is 1. The van der Waals surface area contributed by atoms with Gasteiger partial charge in [-0.15, -0.1) is 0 Å². The van der Waals surface area contributed by atoms with Crippen LogP contribution in [0, 0.1) is 13.8 Å². The molecule has 2 heterocycles. The third-order valence-electron chi connectivity index (χ3n) is 5.47. The summed E-state index contributed by atoms with van der Waals surface area (Å²) < 4.78 is 11.5. The minimum Gasteiger partial charge on any atom is -0.490 e. The average Bonchev–Trinajstić information content (AvgIpc) is 3.32. The second kappa shape index (κ2) is 11.9. The summed E-state index contributed by atoms with van der Waals surface area (Å²) in [4.78, 5) is 20.4. The summed E-state index contributed by atoms with van der Waals surface area (Å²) in [6, 6.07) is 7.83. The molecule has 3 rings (SSSR count). The van der Waals surface area contributed by atoms with Gasteiger partial charge in [0.2, 0.25) is 11.7 Å². The summed E-state index contributed by atoms with van der Waals surface area (Å²) in [5, 5.41) is 25.5. The number of ether oxygens (including phenoxy) is 1. The van der Waals surface area contributed by atoms with Gasteiger partial charge >= 0.3 is 0 Å². The normalized spacial score (nSPS) is 12.1. The Labute approximate surface area is 205 Å². The molecular formula is C26H34N4O5. The van der Waals surface area contributed by atoms with Gasteiger partial charge in [0.05, 0.1) is 0 Å². The predicted octanol–water partition coefficient (Wildman–Crippen LogP) is 3.34. The van der Waals surface area contributed by atoms with E-state index >= 15 is 0 Å². The van der Waals surface area contributed by atoms with Crippen molar-refractivity contribution in [2.24, 2.45) is 0 Å². The molecule has 0 aliphatic rings. The molecule has 9 heteroatoms. The molecular weight excluding hydrogens is 448 g/mol. The molecule has 1 amide bonds. The number of carbonyl (C=O) groups excluding carboxylic acids is 1. The van der Waals surface area contributed by atoms with E-state index in [9.17, 15) is 9.90 Å². The van der Waals surface area contributed by atoms with Gasteiger partial charge in [-0.05, 0) is 61.6 Å². The molecule has 0 spiro atoms. The first kappa shape index (κ1) is 26.3. The Bertz CT molecular complexity index is 1160. The predicted molar refractivity (Wildman–Crippen MR) is 132 cm³/mol. The SMILES string of the molecule is CCCc1cc(-c2noc(-c3cc(C)nc(C(C)C)c3)n2)cc(C)c1OC[C@@H](O)CNC(=O)CO. The topological polar surface area (TPSA) is 131 Å². The molecule has 0 saturated heterocycles. The number of nitrogens with zero attached hydrogens (tertiary/aromatic N) is 3. The van der Waals surface area contributed by atoms with Crippen molar-refractivity contribution in [1.82, 2.24) is 20.4 Å². The summed E-state index contributed by atoms with van der Waals surface area (Å²) in [6.45, 7) is 9.53. The molecule has 2 aromatic heterocycles. The second-order valence-corrected chi connectivity index (χ2v) is 8.96. The first-order chi connectivity index (χ1) is 16.7. The minimum atomic E-state index is -0.904. The monoisotopic (exact) mass is 482 g/mol. The fraction of sp³-hybridized carbons (Fsp3) is 0.462. The van der Waals surface area contributed by atoms with E-state index in [1.807, 2.05) is 38.1 Å². The maximum Gasteiger partial charge on any atom is 0.258 e. The van der Waals surface area contributed by atoms with Crippen LogP contribution in [0.2, 0.25) is 0 Å². The maximum absolute atomic E-state index is 11.2. The first-order valence-corrected chi connectivity index (χ1v) is 11.9. The standard InChI is InChI=1S/C26H34N4O5/c1-6-7-18-10-19(8-16(4)24(18)34-14-21(32)12-27-23(33)13-31)25-29-26(35-30-25)20-9-17(5)28-22(11-20)15(2)3/h8-11,15,21,31-32H,6-7,12-14H2,1-5H3,(H,27,33)/t21-/m0/s1. The highest BCUT2D eigenvalue weighted by Gasteiger charge is 2.18. The van der Waals surface area contributed by atoms with Crippen LogP contribution >= 0.6 is 0 Å². The van der Waals surface area contributed by atoms with Crippen molar-refractivity contribution in [1.29, 1.82) is 0 Å². The van der Waals surface area contributed by atoms with Crippen LogP contribution in [0.5, 0.6) is 5.75 Å². The van der Waals surface area contributed by atoms with Crippen LogP contribution in [0.1, 0.15) is 55.6 Å². The van der Waals surface area contributed by atoms with E-state index in [1.54, 1.807) is 0 Å². The number of aryl methyl sites for hydroxylation is 3. The van der Waals surface area contributed by atoms with Gasteiger partial charge in [0.25, 0.3) is 5.89 Å². The van der Waals surface area contributed by atoms with Gasteiger partial charge in [-0.2, -0.15) is 4.98 Å². The fourth-order valence-electron chi connectivity index (χ4n) is 3.74. The summed E-state index contributed by atoms with van der Waals surface area (Å²) in [7, 11) is 0. The number of aliphatic hydroxyl groups excluding tert-OH is 2. The Morgan fingerprint density at radius 1 is 1.14 bits per heavy atom. The zero-order valence-electron chi connectivity index (χ0n) is 21.0. The molecule has 1 atom stereocenters. The van der Waals surface area contributed by atoms with E-state index in [0.717, 1.165) is 46.5 Å². The molecule has 3 N–H and O–H groups in total. The molecule has 0 bridgehead atoms. The van der Waals surface area contributed by atoms with Crippen molar-refractivity contribution >= 4 is 5.91 Å². The molecule has 9 nitrogen and oxygen atoms in total. The first-order valence-electron chi connectivity index (χ1n) is 11.9. The molecule has 0 aliphatic carbocycles. The van der Waals surface area contributed by atoms with Crippen molar-refractivity contribution in [3.63, 3.8) is 0 Å². The highest BCUT2D eigenvalue weighted by atomic mass is 16.5. The second-order valence-electron chi connectivity index (χ2n) is 8.96. The van der Waals surface area contributed by atoms with Crippen molar-refractivity contribution in [3.8, 4) is 28.6 Å². The highest BCUT2D eigenvalue weighted by molar-refractivity contribution is 5.76. The van der Waals surface area contributed by atoms with Crippen LogP contribution in [-0.4, -0.2) is 57.1 Å². The van der Waals surface area contributed by atoms with Crippen LogP contribution in [-0.2, 0) is 11.2 Å².